The van der Waals surface area contributed by atoms with E-state index < -0.39 is 11.8 Å². The van der Waals surface area contributed by atoms with Gasteiger partial charge in [-0.1, -0.05) is 12.1 Å². The van der Waals surface area contributed by atoms with Crippen LogP contribution in [-0.4, -0.2) is 25.6 Å². The number of pyridine rings is 2. The van der Waals surface area contributed by atoms with E-state index in [1.807, 2.05) is 19.1 Å². The minimum Gasteiger partial charge on any atom is -0.368 e. The zero-order chi connectivity index (χ0) is 19.7. The second kappa shape index (κ2) is 6.95. The van der Waals surface area contributed by atoms with Crippen LogP contribution in [0.15, 0.2) is 54.7 Å². The number of hydrogen-bond acceptors (Lipinski definition) is 5. The molecule has 4 rings (SSSR count). The molecular weight excluding hydrogens is 361 g/mol. The second-order valence-electron chi connectivity index (χ2n) is 6.16. The van der Waals surface area contributed by atoms with E-state index in [9.17, 15) is 9.18 Å². The first kappa shape index (κ1) is 17.4. The molecule has 0 aliphatic carbocycles. The van der Waals surface area contributed by atoms with E-state index in [0.717, 1.165) is 16.8 Å². The summed E-state index contributed by atoms with van der Waals surface area (Å²) in [5.41, 5.74) is 8.98. The number of nitrogens with zero attached hydrogens (tertiary/aromatic N) is 4. The van der Waals surface area contributed by atoms with E-state index in [4.69, 9.17) is 5.73 Å². The van der Waals surface area contributed by atoms with Gasteiger partial charge < -0.3 is 11.1 Å². The third-order valence-electron chi connectivity index (χ3n) is 4.12. The maximum atomic E-state index is 13.8. The molecule has 0 fully saturated rings. The van der Waals surface area contributed by atoms with Crippen LogP contribution in [0, 0.1) is 12.7 Å². The third-order valence-corrected chi connectivity index (χ3v) is 4.12. The molecule has 8 nitrogen and oxygen atoms in total. The summed E-state index contributed by atoms with van der Waals surface area (Å²) in [6.07, 6.45) is 1.59. The van der Waals surface area contributed by atoms with Crippen LogP contribution in [0.3, 0.4) is 0 Å². The SMILES string of the molecule is Cc1ccc(F)c(NC(=O)Nc2ccc(-c3cccc4nnc(N)n34)cn2)c1. The molecule has 0 unspecified atom stereocenters. The standard InChI is InChI=1S/C19H16FN7O/c1-11-5-7-13(20)14(9-11)23-19(28)24-16-8-6-12(10-22-16)15-3-2-4-17-25-26-18(21)27(15)17/h2-10H,1H3,(H2,21,26)(H2,22,23,24,28). The number of aromatic nitrogens is 4. The zero-order valence-electron chi connectivity index (χ0n) is 14.8. The molecule has 0 saturated carbocycles. The molecule has 3 heterocycles. The highest BCUT2D eigenvalue weighted by Gasteiger charge is 2.11. The average Bonchev–Trinajstić information content (AvgIpc) is 3.07. The fraction of sp³-hybridized carbons (Fsp3) is 0.0526. The highest BCUT2D eigenvalue weighted by molar-refractivity contribution is 5.99. The Bertz CT molecular complexity index is 1170. The van der Waals surface area contributed by atoms with Gasteiger partial charge in [-0.2, -0.15) is 0 Å². The summed E-state index contributed by atoms with van der Waals surface area (Å²) in [7, 11) is 0. The number of nitrogens with two attached hydrogens (primary N) is 1. The van der Waals surface area contributed by atoms with Gasteiger partial charge in [0.15, 0.2) is 5.65 Å². The van der Waals surface area contributed by atoms with E-state index in [-0.39, 0.29) is 11.6 Å². The van der Waals surface area contributed by atoms with Gasteiger partial charge in [-0.3, -0.25) is 9.72 Å². The Kier molecular flexibility index (Phi) is 4.32. The largest absolute Gasteiger partial charge is 0.368 e. The first-order valence-electron chi connectivity index (χ1n) is 8.41. The molecule has 3 aromatic heterocycles. The number of rotatable bonds is 3. The van der Waals surface area contributed by atoms with Crippen molar-refractivity contribution in [2.45, 2.75) is 6.92 Å². The number of hydrogen-bond donors (Lipinski definition) is 3. The Morgan fingerprint density at radius 3 is 2.75 bits per heavy atom. The van der Waals surface area contributed by atoms with Crippen LogP contribution in [0.2, 0.25) is 0 Å². The van der Waals surface area contributed by atoms with Crippen molar-refractivity contribution in [3.05, 3.63) is 66.1 Å². The van der Waals surface area contributed by atoms with Gasteiger partial charge in [-0.15, -0.1) is 10.2 Å². The van der Waals surface area contributed by atoms with Crippen molar-refractivity contribution in [3.63, 3.8) is 0 Å². The van der Waals surface area contributed by atoms with Gasteiger partial charge in [0.25, 0.3) is 0 Å². The van der Waals surface area contributed by atoms with Gasteiger partial charge in [0.05, 0.1) is 11.4 Å². The number of carbonyl (C=O) groups excluding carboxylic acids is 1. The summed E-state index contributed by atoms with van der Waals surface area (Å²) in [6.45, 7) is 1.81. The molecular formula is C19H16FN7O. The first-order chi connectivity index (χ1) is 13.5. The van der Waals surface area contributed by atoms with Crippen LogP contribution in [-0.2, 0) is 0 Å². The summed E-state index contributed by atoms with van der Waals surface area (Å²) >= 11 is 0. The third kappa shape index (κ3) is 3.32. The molecule has 9 heteroatoms. The Labute approximate surface area is 159 Å². The van der Waals surface area contributed by atoms with Gasteiger partial charge in [-0.25, -0.2) is 14.2 Å². The zero-order valence-corrected chi connectivity index (χ0v) is 14.8. The minimum absolute atomic E-state index is 0.101. The number of aryl methyl sites for hydroxylation is 1. The summed E-state index contributed by atoms with van der Waals surface area (Å²) in [6, 6.07) is 12.8. The molecule has 28 heavy (non-hydrogen) atoms. The fourth-order valence-corrected chi connectivity index (χ4v) is 2.81. The topological polar surface area (TPSA) is 110 Å². The molecule has 1 aromatic carbocycles. The van der Waals surface area contributed by atoms with Gasteiger partial charge in [0.1, 0.15) is 11.6 Å². The number of halogens is 1. The molecule has 4 aromatic rings. The van der Waals surface area contributed by atoms with Crippen LogP contribution in [0.25, 0.3) is 16.9 Å². The van der Waals surface area contributed by atoms with E-state index >= 15 is 0 Å². The second-order valence-corrected chi connectivity index (χ2v) is 6.16. The maximum absolute atomic E-state index is 13.8. The Morgan fingerprint density at radius 1 is 1.11 bits per heavy atom. The quantitative estimate of drug-likeness (QED) is 0.506. The lowest BCUT2D eigenvalue weighted by molar-refractivity contribution is 0.262. The summed E-state index contributed by atoms with van der Waals surface area (Å²) in [5.74, 6) is 0.0780. The van der Waals surface area contributed by atoms with Crippen molar-refractivity contribution in [2.75, 3.05) is 16.4 Å². The monoisotopic (exact) mass is 377 g/mol. The summed E-state index contributed by atoms with van der Waals surface area (Å²) in [4.78, 5) is 16.4. The van der Waals surface area contributed by atoms with Crippen molar-refractivity contribution >= 4 is 29.1 Å². The fourth-order valence-electron chi connectivity index (χ4n) is 2.81. The summed E-state index contributed by atoms with van der Waals surface area (Å²) < 4.78 is 15.5. The molecule has 0 saturated heterocycles. The number of urea groups is 1. The first-order valence-corrected chi connectivity index (χ1v) is 8.41. The van der Waals surface area contributed by atoms with E-state index in [2.05, 4.69) is 25.8 Å². The Balaban J connectivity index is 1.52. The average molecular weight is 377 g/mol. The molecule has 0 spiro atoms. The minimum atomic E-state index is -0.588. The number of carbonyl (C=O) groups is 1. The Morgan fingerprint density at radius 2 is 1.96 bits per heavy atom. The highest BCUT2D eigenvalue weighted by atomic mass is 19.1. The van der Waals surface area contributed by atoms with Gasteiger partial charge in [0.2, 0.25) is 5.95 Å². The number of amides is 2. The predicted molar refractivity (Wildman–Crippen MR) is 104 cm³/mol. The predicted octanol–water partition coefficient (Wildman–Crippen LogP) is 3.47. The molecule has 0 atom stereocenters. The molecule has 0 aliphatic rings. The normalized spacial score (nSPS) is 10.8. The van der Waals surface area contributed by atoms with Crippen molar-refractivity contribution in [3.8, 4) is 11.3 Å². The number of benzene rings is 1. The van der Waals surface area contributed by atoms with Gasteiger partial charge >= 0.3 is 6.03 Å². The molecule has 0 radical (unpaired) electrons. The van der Waals surface area contributed by atoms with Crippen molar-refractivity contribution in [2.24, 2.45) is 0 Å². The lowest BCUT2D eigenvalue weighted by Gasteiger charge is -2.10. The molecule has 4 N–H and O–H groups in total. The summed E-state index contributed by atoms with van der Waals surface area (Å²) in [5, 5.41) is 12.9. The lowest BCUT2D eigenvalue weighted by Crippen LogP contribution is -2.20. The van der Waals surface area contributed by atoms with Crippen LogP contribution in [0.1, 0.15) is 5.56 Å². The van der Waals surface area contributed by atoms with Crippen LogP contribution < -0.4 is 16.4 Å². The number of anilines is 3. The van der Waals surface area contributed by atoms with Gasteiger partial charge in [-0.05, 0) is 48.9 Å². The molecule has 0 bridgehead atoms. The van der Waals surface area contributed by atoms with Crippen molar-refractivity contribution < 1.29 is 9.18 Å². The van der Waals surface area contributed by atoms with Crippen LogP contribution in [0.4, 0.5) is 26.6 Å². The van der Waals surface area contributed by atoms with Gasteiger partial charge in [0, 0.05) is 11.8 Å². The van der Waals surface area contributed by atoms with Crippen molar-refractivity contribution in [1.29, 1.82) is 0 Å². The van der Waals surface area contributed by atoms with Crippen molar-refractivity contribution in [1.82, 2.24) is 19.6 Å². The van der Waals surface area contributed by atoms with E-state index in [1.54, 1.807) is 40.9 Å². The van der Waals surface area contributed by atoms with E-state index in [1.165, 1.54) is 6.07 Å². The Hall–Kier alpha value is -4.01. The number of fused-ring (bicyclic) bond motifs is 1. The highest BCUT2D eigenvalue weighted by Crippen LogP contribution is 2.23. The maximum Gasteiger partial charge on any atom is 0.324 e. The molecule has 140 valence electrons. The number of nitrogen functional groups attached to an aromatic ring is 1. The molecule has 2 amide bonds. The van der Waals surface area contributed by atoms with Crippen LogP contribution >= 0.6 is 0 Å². The number of nitrogens with one attached hydrogen (secondary N) is 2. The smallest absolute Gasteiger partial charge is 0.324 e. The molecule has 0 aliphatic heterocycles. The van der Waals surface area contributed by atoms with E-state index in [0.29, 0.717) is 11.5 Å². The van der Waals surface area contributed by atoms with Crippen LogP contribution in [0.5, 0.6) is 0 Å². The lowest BCUT2D eigenvalue weighted by atomic mass is 10.2.